The highest BCUT2D eigenvalue weighted by atomic mass is 19.1. The first kappa shape index (κ1) is 22.7. The van der Waals surface area contributed by atoms with Crippen LogP contribution in [-0.2, 0) is 0 Å². The third-order valence-corrected chi connectivity index (χ3v) is 5.58. The van der Waals surface area contributed by atoms with Crippen LogP contribution in [0.2, 0.25) is 0 Å². The highest BCUT2D eigenvalue weighted by Gasteiger charge is 2.13. The van der Waals surface area contributed by atoms with E-state index in [0.717, 1.165) is 22.2 Å². The normalized spacial score (nSPS) is 10.8. The fourth-order valence-electron chi connectivity index (χ4n) is 3.80. The van der Waals surface area contributed by atoms with E-state index in [4.69, 9.17) is 5.73 Å². The van der Waals surface area contributed by atoms with Crippen LogP contribution < -0.4 is 5.73 Å². The van der Waals surface area contributed by atoms with Crippen molar-refractivity contribution >= 4 is 33.2 Å². The molecule has 0 radical (unpaired) electrons. The summed E-state index contributed by atoms with van der Waals surface area (Å²) in [6, 6.07) is 22.1. The van der Waals surface area contributed by atoms with Crippen LogP contribution in [0.4, 0.5) is 20.2 Å². The Morgan fingerprint density at radius 1 is 0.694 bits per heavy atom. The number of nitro groups is 1. The summed E-state index contributed by atoms with van der Waals surface area (Å²) in [6.45, 7) is 0. The minimum atomic E-state index is -0.457. The van der Waals surface area contributed by atoms with Crippen LogP contribution in [0.25, 0.3) is 44.3 Å². The Morgan fingerprint density at radius 2 is 1.17 bits per heavy atom. The summed E-state index contributed by atoms with van der Waals surface area (Å²) < 4.78 is 25.8. The van der Waals surface area contributed by atoms with E-state index in [1.807, 2.05) is 18.2 Å². The predicted molar refractivity (Wildman–Crippen MR) is 134 cm³/mol. The van der Waals surface area contributed by atoms with Gasteiger partial charge in [0.05, 0.1) is 21.7 Å². The Balaban J connectivity index is 0.000000149. The minimum absolute atomic E-state index is 0.00254. The van der Waals surface area contributed by atoms with Crippen molar-refractivity contribution in [2.45, 2.75) is 0 Å². The van der Waals surface area contributed by atoms with Gasteiger partial charge in [-0.3, -0.25) is 20.3 Å². The lowest BCUT2D eigenvalue weighted by Gasteiger charge is -1.98. The molecule has 4 N–H and O–H groups in total. The summed E-state index contributed by atoms with van der Waals surface area (Å²) in [5.41, 5.74) is 11.0. The van der Waals surface area contributed by atoms with Gasteiger partial charge in [0.2, 0.25) is 0 Å². The van der Waals surface area contributed by atoms with Crippen molar-refractivity contribution < 1.29 is 13.7 Å². The van der Waals surface area contributed by atoms with Crippen LogP contribution in [0.5, 0.6) is 0 Å². The number of fused-ring (bicyclic) bond motifs is 2. The topological polar surface area (TPSA) is 127 Å². The molecular formula is C26H18F2N6O2. The van der Waals surface area contributed by atoms with E-state index in [0.29, 0.717) is 27.8 Å². The van der Waals surface area contributed by atoms with Crippen LogP contribution in [0.15, 0.2) is 84.9 Å². The molecule has 0 spiro atoms. The summed E-state index contributed by atoms with van der Waals surface area (Å²) >= 11 is 0. The Hall–Kier alpha value is -5.12. The van der Waals surface area contributed by atoms with Gasteiger partial charge in [0, 0.05) is 39.7 Å². The van der Waals surface area contributed by atoms with Gasteiger partial charge in [-0.2, -0.15) is 10.2 Å². The van der Waals surface area contributed by atoms with Crippen molar-refractivity contribution in [1.82, 2.24) is 20.4 Å². The van der Waals surface area contributed by atoms with E-state index in [-0.39, 0.29) is 17.3 Å². The standard InChI is InChI=1S/C13H8FN3O2.C13H10FN3/c14-9-3-1-8(2-4-9)13-11-7-10(17(18)19)5-6-12(11)15-16-13;14-9-3-1-8(2-4-9)13-11-7-10(15)5-6-12(11)16-17-13/h1-7H,(H,15,16);1-7H,15H2,(H,16,17). The average molecular weight is 484 g/mol. The molecule has 2 aromatic heterocycles. The van der Waals surface area contributed by atoms with Gasteiger partial charge in [0.25, 0.3) is 5.69 Å². The van der Waals surface area contributed by atoms with Gasteiger partial charge in [-0.25, -0.2) is 8.78 Å². The van der Waals surface area contributed by atoms with Crippen molar-refractivity contribution in [3.05, 3.63) is 107 Å². The van der Waals surface area contributed by atoms with Crippen molar-refractivity contribution in [3.63, 3.8) is 0 Å². The molecule has 4 aromatic carbocycles. The lowest BCUT2D eigenvalue weighted by Crippen LogP contribution is -1.87. The molecule has 6 rings (SSSR count). The molecular weight excluding hydrogens is 466 g/mol. The lowest BCUT2D eigenvalue weighted by molar-refractivity contribution is -0.384. The van der Waals surface area contributed by atoms with Crippen molar-refractivity contribution in [2.75, 3.05) is 5.73 Å². The Kier molecular flexibility index (Phi) is 5.83. The lowest BCUT2D eigenvalue weighted by atomic mass is 10.1. The number of hydrogen-bond acceptors (Lipinski definition) is 5. The van der Waals surface area contributed by atoms with E-state index in [9.17, 15) is 18.9 Å². The van der Waals surface area contributed by atoms with E-state index >= 15 is 0 Å². The molecule has 0 aliphatic rings. The van der Waals surface area contributed by atoms with Crippen molar-refractivity contribution in [3.8, 4) is 22.5 Å². The zero-order valence-corrected chi connectivity index (χ0v) is 18.6. The van der Waals surface area contributed by atoms with Gasteiger partial charge in [0.1, 0.15) is 17.3 Å². The molecule has 6 aromatic rings. The number of nitrogens with two attached hydrogens (primary N) is 1. The number of nitrogens with one attached hydrogen (secondary N) is 2. The number of halogens is 2. The maximum absolute atomic E-state index is 12.9. The van der Waals surface area contributed by atoms with E-state index < -0.39 is 4.92 Å². The molecule has 0 unspecified atom stereocenters. The molecule has 0 saturated heterocycles. The molecule has 0 atom stereocenters. The van der Waals surface area contributed by atoms with Crippen LogP contribution in [-0.4, -0.2) is 25.3 Å². The molecule has 0 aliphatic carbocycles. The zero-order chi connectivity index (χ0) is 25.2. The SMILES string of the molecule is Nc1ccc2[nH]nc(-c3ccc(F)cc3)c2c1.O=[N+]([O-])c1ccc2[nH]nc(-c3ccc(F)cc3)c2c1. The van der Waals surface area contributed by atoms with Gasteiger partial charge in [-0.1, -0.05) is 0 Å². The van der Waals surface area contributed by atoms with Crippen LogP contribution >= 0.6 is 0 Å². The summed E-state index contributed by atoms with van der Waals surface area (Å²) in [4.78, 5) is 10.3. The monoisotopic (exact) mass is 484 g/mol. The number of benzene rings is 4. The summed E-state index contributed by atoms with van der Waals surface area (Å²) in [6.07, 6.45) is 0. The third kappa shape index (κ3) is 4.47. The number of hydrogen-bond donors (Lipinski definition) is 3. The first-order chi connectivity index (χ1) is 17.4. The van der Waals surface area contributed by atoms with Gasteiger partial charge in [-0.15, -0.1) is 0 Å². The fourth-order valence-corrected chi connectivity index (χ4v) is 3.80. The number of nitrogen functional groups attached to an aromatic ring is 1. The third-order valence-electron chi connectivity index (χ3n) is 5.58. The van der Waals surface area contributed by atoms with E-state index in [2.05, 4.69) is 20.4 Å². The average Bonchev–Trinajstić information content (AvgIpc) is 3.49. The van der Waals surface area contributed by atoms with Crippen molar-refractivity contribution in [2.24, 2.45) is 0 Å². The number of nitro benzene ring substituents is 1. The Morgan fingerprint density at radius 3 is 1.67 bits per heavy atom. The molecule has 0 aliphatic heterocycles. The maximum Gasteiger partial charge on any atom is 0.270 e. The van der Waals surface area contributed by atoms with Gasteiger partial charge < -0.3 is 5.73 Å². The van der Waals surface area contributed by atoms with Gasteiger partial charge in [0.15, 0.2) is 0 Å². The first-order valence-corrected chi connectivity index (χ1v) is 10.8. The fraction of sp³-hybridized carbons (Fsp3) is 0. The summed E-state index contributed by atoms with van der Waals surface area (Å²) in [7, 11) is 0. The first-order valence-electron chi connectivity index (χ1n) is 10.8. The Labute approximate surface area is 202 Å². The summed E-state index contributed by atoms with van der Waals surface area (Å²) in [5.74, 6) is -0.595. The number of aromatic nitrogens is 4. The number of non-ortho nitro benzene ring substituents is 1. The molecule has 0 saturated carbocycles. The predicted octanol–water partition coefficient (Wildman–Crippen LogP) is 6.23. The Bertz CT molecular complexity index is 1690. The minimum Gasteiger partial charge on any atom is -0.399 e. The molecule has 36 heavy (non-hydrogen) atoms. The highest BCUT2D eigenvalue weighted by Crippen LogP contribution is 2.29. The number of rotatable bonds is 3. The maximum atomic E-state index is 12.9. The van der Waals surface area contributed by atoms with Crippen LogP contribution in [0, 0.1) is 21.7 Å². The molecule has 178 valence electrons. The summed E-state index contributed by atoms with van der Waals surface area (Å²) in [5, 5.41) is 26.5. The van der Waals surface area contributed by atoms with Crippen molar-refractivity contribution in [1.29, 1.82) is 0 Å². The number of nitrogens with zero attached hydrogens (tertiary/aromatic N) is 3. The molecule has 0 fully saturated rings. The molecule has 10 heteroatoms. The van der Waals surface area contributed by atoms with E-state index in [1.54, 1.807) is 30.3 Å². The number of aromatic amines is 2. The van der Waals surface area contributed by atoms with Gasteiger partial charge >= 0.3 is 0 Å². The van der Waals surface area contributed by atoms with Crippen LogP contribution in [0.1, 0.15) is 0 Å². The largest absolute Gasteiger partial charge is 0.399 e. The van der Waals surface area contributed by atoms with Crippen LogP contribution in [0.3, 0.4) is 0 Å². The molecule has 0 amide bonds. The van der Waals surface area contributed by atoms with Gasteiger partial charge in [-0.05, 0) is 72.8 Å². The second kappa shape index (κ2) is 9.26. The molecule has 2 heterocycles. The molecule has 0 bridgehead atoms. The molecule has 8 nitrogen and oxygen atoms in total. The quantitative estimate of drug-likeness (QED) is 0.156. The second-order valence-corrected chi connectivity index (χ2v) is 7.95. The highest BCUT2D eigenvalue weighted by molar-refractivity contribution is 5.95. The second-order valence-electron chi connectivity index (χ2n) is 7.95. The number of anilines is 1. The number of H-pyrrole nitrogens is 2. The van der Waals surface area contributed by atoms with E-state index in [1.165, 1.54) is 36.4 Å². The smallest absolute Gasteiger partial charge is 0.270 e. The zero-order valence-electron chi connectivity index (χ0n) is 18.6.